The van der Waals surface area contributed by atoms with E-state index >= 15 is 0 Å². The van der Waals surface area contributed by atoms with E-state index in [2.05, 4.69) is 0 Å². The molecule has 35 heavy (non-hydrogen) atoms. The van der Waals surface area contributed by atoms with Crippen LogP contribution in [0.1, 0.15) is 2.85 Å². The van der Waals surface area contributed by atoms with Crippen LogP contribution < -0.4 is 116 Å². The van der Waals surface area contributed by atoms with Crippen LogP contribution in [0.25, 0.3) is 0 Å². The fraction of sp³-hybridized carbons (Fsp3) is 0. The van der Waals surface area contributed by atoms with Gasteiger partial charge in [-0.2, -0.15) is 21.4 Å². The molecule has 0 heterocycles. The van der Waals surface area contributed by atoms with Crippen LogP contribution in [0.15, 0.2) is 88.7 Å². The van der Waals surface area contributed by atoms with Crippen LogP contribution in [0.2, 0.25) is 0 Å². The Hall–Kier alpha value is 0.303. The number of hydrogen-bond acceptors (Lipinski definition) is 8. The molecule has 0 spiro atoms. The SMILES string of the molecule is O.O.O=P(Oc1ccccc1)(Oc1ccc(S(=O)(=O)O)cc1)Oc1ccc(S(=O)(=O)O)cc1.[H-].[H-].[K+].[K+]. The van der Waals surface area contributed by atoms with Gasteiger partial charge in [0.05, 0.1) is 9.79 Å². The fourth-order valence-corrected chi connectivity index (χ4v) is 4.48. The van der Waals surface area contributed by atoms with Gasteiger partial charge < -0.3 is 27.4 Å². The Balaban J connectivity index is -0.000000907. The van der Waals surface area contributed by atoms with E-state index in [0.29, 0.717) is 0 Å². The minimum atomic E-state index is -4.43. The maximum Gasteiger partial charge on any atom is 1.00 e. The molecule has 0 aliphatic carbocycles. The molecule has 3 aromatic carbocycles. The molecule has 0 unspecified atom stereocenters. The van der Waals surface area contributed by atoms with E-state index in [1.165, 1.54) is 12.1 Å². The third-order valence-electron chi connectivity index (χ3n) is 3.64. The Labute approximate surface area is 289 Å². The smallest absolute Gasteiger partial charge is 1.00 e. The van der Waals surface area contributed by atoms with E-state index in [0.717, 1.165) is 48.5 Å². The Morgan fingerprint density at radius 3 is 1.14 bits per heavy atom. The summed E-state index contributed by atoms with van der Waals surface area (Å²) in [6.07, 6.45) is 0. The molecule has 17 heteroatoms. The van der Waals surface area contributed by atoms with Gasteiger partial charge >= 0.3 is 111 Å². The van der Waals surface area contributed by atoms with Gasteiger partial charge in [-0.15, -0.1) is 0 Å². The topological polar surface area (TPSA) is 216 Å². The van der Waals surface area contributed by atoms with Crippen molar-refractivity contribution >= 4 is 28.1 Å². The molecule has 0 amide bonds. The van der Waals surface area contributed by atoms with E-state index in [9.17, 15) is 21.4 Å². The molecule has 0 fully saturated rings. The number of phosphoric ester groups is 1. The minimum Gasteiger partial charge on any atom is -1.00 e. The van der Waals surface area contributed by atoms with Crippen LogP contribution in [0, 0.1) is 0 Å². The molecule has 0 aliphatic rings. The Kier molecular flexibility index (Phi) is 16.7. The predicted molar refractivity (Wildman–Crippen MR) is 118 cm³/mol. The zero-order chi connectivity index (χ0) is 22.7. The van der Waals surface area contributed by atoms with Crippen molar-refractivity contribution in [3.63, 3.8) is 0 Å². The van der Waals surface area contributed by atoms with Crippen molar-refractivity contribution in [3.8, 4) is 17.2 Å². The van der Waals surface area contributed by atoms with Gasteiger partial charge in [-0.05, 0) is 60.7 Å². The minimum absolute atomic E-state index is 0. The van der Waals surface area contributed by atoms with Crippen molar-refractivity contribution in [2.24, 2.45) is 0 Å². The molecule has 0 aliphatic heterocycles. The first kappa shape index (κ1) is 37.5. The first-order valence-corrected chi connectivity index (χ1v) is 12.7. The molecule has 0 atom stereocenters. The van der Waals surface area contributed by atoms with Crippen molar-refractivity contribution in [2.75, 3.05) is 0 Å². The summed E-state index contributed by atoms with van der Waals surface area (Å²) >= 11 is 0. The zero-order valence-electron chi connectivity index (χ0n) is 20.4. The standard InChI is InChI=1S/C18H15O10PS2.2K.2H2O.2H/c19-29(26-14-4-2-1-3-5-14,27-15-6-10-17(11-7-15)30(20,21)22)28-16-8-12-18(13-9-16)31(23,24)25;;;;;;/h1-13H,(H,20,21,22)(H,23,24,25);;;2*1H2;;/q;2*+1;;;2*-1. The molecule has 3 aromatic rings. The van der Waals surface area contributed by atoms with Crippen molar-refractivity contribution in [3.05, 3.63) is 78.9 Å². The Bertz CT molecular complexity index is 1250. The first-order chi connectivity index (χ1) is 14.4. The van der Waals surface area contributed by atoms with Gasteiger partial charge in [0.25, 0.3) is 20.2 Å². The van der Waals surface area contributed by atoms with E-state index in [4.69, 9.17) is 22.7 Å². The van der Waals surface area contributed by atoms with Crippen LogP contribution >= 0.6 is 7.82 Å². The van der Waals surface area contributed by atoms with E-state index in [1.807, 2.05) is 0 Å². The zero-order valence-corrected chi connectivity index (χ0v) is 27.2. The van der Waals surface area contributed by atoms with Gasteiger partial charge in [-0.1, -0.05) is 18.2 Å². The summed E-state index contributed by atoms with van der Waals surface area (Å²) in [6.45, 7) is 0. The quantitative estimate of drug-likeness (QED) is 0.147. The normalized spacial score (nSPS) is 10.8. The average Bonchev–Trinajstić information content (AvgIpc) is 2.68. The number of benzene rings is 3. The summed E-state index contributed by atoms with van der Waals surface area (Å²) in [6, 6.07) is 16.5. The molecule has 12 nitrogen and oxygen atoms in total. The van der Waals surface area contributed by atoms with Crippen molar-refractivity contribution in [2.45, 2.75) is 9.79 Å². The number of para-hydroxylation sites is 1. The van der Waals surface area contributed by atoms with Gasteiger partial charge in [0.2, 0.25) is 0 Å². The summed E-state index contributed by atoms with van der Waals surface area (Å²) in [5.74, 6) is -0.0580. The predicted octanol–water partition coefficient (Wildman–Crippen LogP) is -3.59. The fourth-order valence-electron chi connectivity index (χ4n) is 2.27. The van der Waals surface area contributed by atoms with Crippen molar-refractivity contribution in [1.29, 1.82) is 0 Å². The second-order valence-corrected chi connectivity index (χ2v) is 10.2. The van der Waals surface area contributed by atoms with Gasteiger partial charge in [-0.25, -0.2) is 0 Å². The summed E-state index contributed by atoms with van der Waals surface area (Å²) in [4.78, 5) is -0.805. The molecular weight excluding hydrogens is 581 g/mol. The van der Waals surface area contributed by atoms with E-state index in [1.54, 1.807) is 18.2 Å². The van der Waals surface area contributed by atoms with Crippen LogP contribution in [0.3, 0.4) is 0 Å². The number of phosphoric acid groups is 1. The van der Waals surface area contributed by atoms with E-state index < -0.39 is 37.8 Å². The number of hydrogen-bond donors (Lipinski definition) is 2. The summed E-state index contributed by atoms with van der Waals surface area (Å²) < 4.78 is 92.1. The van der Waals surface area contributed by atoms with Crippen molar-refractivity contribution in [1.82, 2.24) is 0 Å². The summed E-state index contributed by atoms with van der Waals surface area (Å²) in [5.41, 5.74) is 0. The van der Waals surface area contributed by atoms with Gasteiger partial charge in [-0.3, -0.25) is 9.11 Å². The van der Waals surface area contributed by atoms with Gasteiger partial charge in [0, 0.05) is 0 Å². The molecule has 0 saturated heterocycles. The van der Waals surface area contributed by atoms with Crippen LogP contribution in [0.5, 0.6) is 17.2 Å². The molecular formula is C18H21K2O12PS2. The van der Waals surface area contributed by atoms with Crippen LogP contribution in [-0.4, -0.2) is 36.9 Å². The largest absolute Gasteiger partial charge is 1.00 e. The monoisotopic (exact) mass is 602 g/mol. The van der Waals surface area contributed by atoms with Gasteiger partial charge in [0.15, 0.2) is 0 Å². The number of rotatable bonds is 8. The van der Waals surface area contributed by atoms with E-state index in [-0.39, 0.29) is 134 Å². The maximum absolute atomic E-state index is 13.3. The summed E-state index contributed by atoms with van der Waals surface area (Å²) in [7, 11) is -13.3. The first-order valence-electron chi connectivity index (χ1n) is 8.34. The average molecular weight is 603 g/mol. The van der Waals surface area contributed by atoms with Crippen LogP contribution in [-0.2, 0) is 24.8 Å². The molecule has 184 valence electrons. The third-order valence-corrected chi connectivity index (χ3v) is 6.68. The molecule has 0 bridgehead atoms. The second-order valence-electron chi connectivity index (χ2n) is 5.93. The third kappa shape index (κ3) is 11.7. The van der Waals surface area contributed by atoms with Crippen molar-refractivity contribution < 1.29 is 161 Å². The van der Waals surface area contributed by atoms with Crippen LogP contribution in [0.4, 0.5) is 0 Å². The molecule has 0 radical (unpaired) electrons. The Morgan fingerprint density at radius 2 is 0.857 bits per heavy atom. The van der Waals surface area contributed by atoms with Gasteiger partial charge in [0.1, 0.15) is 17.2 Å². The maximum atomic E-state index is 13.3. The Morgan fingerprint density at radius 1 is 0.571 bits per heavy atom. The molecule has 0 aromatic heterocycles. The molecule has 6 N–H and O–H groups in total. The second kappa shape index (κ2) is 15.7. The molecule has 3 rings (SSSR count). The summed E-state index contributed by atoms with van der Waals surface area (Å²) in [5, 5.41) is 0. The molecule has 0 saturated carbocycles.